The molecule has 0 spiro atoms. The van der Waals surface area contributed by atoms with E-state index in [1.807, 2.05) is 43.3 Å². The molecule has 200 valence electrons. The number of thiophene rings is 1. The first-order valence-corrected chi connectivity index (χ1v) is 14.1. The second kappa shape index (κ2) is 12.5. The molecule has 39 heavy (non-hydrogen) atoms. The number of nitrogens with one attached hydrogen (secondary N) is 1. The third-order valence-electron chi connectivity index (χ3n) is 6.37. The zero-order chi connectivity index (χ0) is 27.2. The molecule has 4 aromatic rings. The van der Waals surface area contributed by atoms with Gasteiger partial charge in [-0.2, -0.15) is 0 Å². The van der Waals surface area contributed by atoms with Crippen molar-refractivity contribution in [1.29, 1.82) is 0 Å². The van der Waals surface area contributed by atoms with Crippen molar-refractivity contribution in [2.45, 2.75) is 39.2 Å². The van der Waals surface area contributed by atoms with Crippen LogP contribution in [0.3, 0.4) is 0 Å². The summed E-state index contributed by atoms with van der Waals surface area (Å²) in [6.07, 6.45) is 5.71. The maximum atomic E-state index is 13.4. The molecule has 0 atom stereocenters. The number of hydrogen-bond acceptors (Lipinski definition) is 5. The Balaban J connectivity index is 1.42. The number of para-hydroxylation sites is 1. The second-order valence-corrected chi connectivity index (χ2v) is 10.6. The smallest absolute Gasteiger partial charge is 0.259 e. The Morgan fingerprint density at radius 2 is 1.85 bits per heavy atom. The summed E-state index contributed by atoms with van der Waals surface area (Å²) in [6, 6.07) is 19.1. The van der Waals surface area contributed by atoms with Gasteiger partial charge in [0.15, 0.2) is 11.5 Å². The zero-order valence-electron chi connectivity index (χ0n) is 21.5. The van der Waals surface area contributed by atoms with E-state index in [0.29, 0.717) is 33.7 Å². The molecule has 0 saturated carbocycles. The second-order valence-electron chi connectivity index (χ2n) is 9.15. The van der Waals surface area contributed by atoms with Crippen molar-refractivity contribution in [3.63, 3.8) is 0 Å². The maximum Gasteiger partial charge on any atom is 0.259 e. The molecular weight excluding hydrogens is 535 g/mol. The number of carbonyl (C=O) groups is 1. The van der Waals surface area contributed by atoms with Crippen LogP contribution in [0, 0.1) is 5.82 Å². The first kappa shape index (κ1) is 26.9. The van der Waals surface area contributed by atoms with Crippen LogP contribution in [0.15, 0.2) is 71.7 Å². The van der Waals surface area contributed by atoms with Crippen LogP contribution in [-0.2, 0) is 19.4 Å². The van der Waals surface area contributed by atoms with Gasteiger partial charge in [0.2, 0.25) is 0 Å². The highest BCUT2D eigenvalue weighted by Crippen LogP contribution is 2.41. The number of carbonyl (C=O) groups excluding carboxylic acids is 1. The molecule has 0 aliphatic heterocycles. The molecule has 1 N–H and O–H groups in total. The van der Waals surface area contributed by atoms with Crippen molar-refractivity contribution >= 4 is 45.7 Å². The van der Waals surface area contributed by atoms with Gasteiger partial charge in [-0.1, -0.05) is 41.9 Å². The van der Waals surface area contributed by atoms with Crippen molar-refractivity contribution in [3.05, 3.63) is 105 Å². The molecule has 1 amide bonds. The minimum atomic E-state index is -0.303. The first-order chi connectivity index (χ1) is 19.0. The van der Waals surface area contributed by atoms with E-state index in [1.165, 1.54) is 17.0 Å². The number of benzene rings is 3. The fourth-order valence-corrected chi connectivity index (χ4v) is 6.03. The average molecular weight is 563 g/mol. The van der Waals surface area contributed by atoms with Crippen LogP contribution in [0.2, 0.25) is 5.02 Å². The summed E-state index contributed by atoms with van der Waals surface area (Å²) < 4.78 is 25.0. The molecule has 0 unspecified atom stereocenters. The van der Waals surface area contributed by atoms with E-state index in [4.69, 9.17) is 26.1 Å². The quantitative estimate of drug-likeness (QED) is 0.208. The normalized spacial score (nSPS) is 12.8. The minimum Gasteiger partial charge on any atom is -0.490 e. The monoisotopic (exact) mass is 562 g/mol. The number of halogens is 2. The van der Waals surface area contributed by atoms with Crippen LogP contribution < -0.4 is 14.8 Å². The molecule has 1 aliphatic carbocycles. The van der Waals surface area contributed by atoms with Crippen LogP contribution in [0.1, 0.15) is 51.7 Å². The van der Waals surface area contributed by atoms with Crippen molar-refractivity contribution in [2.24, 2.45) is 4.99 Å². The highest BCUT2D eigenvalue weighted by atomic mass is 35.5. The lowest BCUT2D eigenvalue weighted by Gasteiger charge is -2.14. The van der Waals surface area contributed by atoms with E-state index in [0.717, 1.165) is 48.1 Å². The van der Waals surface area contributed by atoms with Gasteiger partial charge >= 0.3 is 0 Å². The molecule has 0 radical (unpaired) electrons. The Morgan fingerprint density at radius 1 is 1.08 bits per heavy atom. The number of anilines is 1. The van der Waals surface area contributed by atoms with Gasteiger partial charge in [-0.25, -0.2) is 9.38 Å². The summed E-state index contributed by atoms with van der Waals surface area (Å²) in [5.41, 5.74) is 4.02. The van der Waals surface area contributed by atoms with Crippen LogP contribution in [0.4, 0.5) is 15.1 Å². The number of amides is 1. The van der Waals surface area contributed by atoms with E-state index in [9.17, 15) is 9.18 Å². The van der Waals surface area contributed by atoms with Gasteiger partial charge in [-0.3, -0.25) is 4.79 Å². The summed E-state index contributed by atoms with van der Waals surface area (Å²) in [4.78, 5) is 19.4. The molecule has 8 heteroatoms. The molecule has 1 heterocycles. The predicted molar refractivity (Wildman–Crippen MR) is 156 cm³/mol. The lowest BCUT2D eigenvalue weighted by Crippen LogP contribution is -2.14. The van der Waals surface area contributed by atoms with Gasteiger partial charge in [0.25, 0.3) is 5.91 Å². The molecule has 0 fully saturated rings. The SMILES string of the molecule is CCOc1cc(C=Nc2sc3c(c2C(=O)Nc2ccccc2)CCCC3)cc(Cl)c1OCc1ccc(F)cc1. The maximum absolute atomic E-state index is 13.4. The zero-order valence-corrected chi connectivity index (χ0v) is 23.1. The lowest BCUT2D eigenvalue weighted by atomic mass is 9.95. The van der Waals surface area contributed by atoms with Gasteiger partial charge in [-0.05, 0) is 85.7 Å². The number of ether oxygens (including phenoxy) is 2. The van der Waals surface area contributed by atoms with E-state index in [2.05, 4.69) is 5.32 Å². The van der Waals surface area contributed by atoms with Crippen molar-refractivity contribution < 1.29 is 18.7 Å². The van der Waals surface area contributed by atoms with Crippen LogP contribution in [-0.4, -0.2) is 18.7 Å². The Labute approximate surface area is 236 Å². The number of nitrogens with zero attached hydrogens (tertiary/aromatic N) is 1. The van der Waals surface area contributed by atoms with Crippen molar-refractivity contribution in [3.8, 4) is 11.5 Å². The standard InChI is InChI=1S/C31H28ClFN2O3S/c1-2-37-26-17-21(16-25(32)29(26)38-19-20-12-14-22(33)15-13-20)18-34-31-28(24-10-6-7-11-27(24)39-31)30(36)35-23-8-4-3-5-9-23/h3-5,8-9,12-18H,2,6-7,10-11,19H2,1H3,(H,35,36). The Hall–Kier alpha value is -3.68. The topological polar surface area (TPSA) is 59.9 Å². The molecule has 5 nitrogen and oxygen atoms in total. The molecule has 0 saturated heterocycles. The number of aliphatic imine (C=N–C) groups is 1. The summed E-state index contributed by atoms with van der Waals surface area (Å²) in [5.74, 6) is 0.448. The third-order valence-corrected chi connectivity index (χ3v) is 7.85. The van der Waals surface area contributed by atoms with Gasteiger partial charge < -0.3 is 14.8 Å². The summed E-state index contributed by atoms with van der Waals surface area (Å²) in [7, 11) is 0. The fraction of sp³-hybridized carbons (Fsp3) is 0.226. The molecular formula is C31H28ClFN2O3S. The summed E-state index contributed by atoms with van der Waals surface area (Å²) in [5, 5.41) is 4.08. The highest BCUT2D eigenvalue weighted by Gasteiger charge is 2.25. The number of rotatable bonds is 9. The first-order valence-electron chi connectivity index (χ1n) is 12.9. The Kier molecular flexibility index (Phi) is 8.59. The Bertz CT molecular complexity index is 1490. The molecule has 0 bridgehead atoms. The number of fused-ring (bicyclic) bond motifs is 1. The fourth-order valence-electron chi connectivity index (χ4n) is 4.53. The third kappa shape index (κ3) is 6.49. The summed E-state index contributed by atoms with van der Waals surface area (Å²) in [6.45, 7) is 2.52. The van der Waals surface area contributed by atoms with E-state index >= 15 is 0 Å². The van der Waals surface area contributed by atoms with Crippen LogP contribution in [0.25, 0.3) is 0 Å². The molecule has 3 aromatic carbocycles. The van der Waals surface area contributed by atoms with E-state index in [-0.39, 0.29) is 18.3 Å². The van der Waals surface area contributed by atoms with Gasteiger partial charge in [-0.15, -0.1) is 11.3 Å². The highest BCUT2D eigenvalue weighted by molar-refractivity contribution is 7.16. The van der Waals surface area contributed by atoms with Gasteiger partial charge in [0.05, 0.1) is 17.2 Å². The van der Waals surface area contributed by atoms with E-state index in [1.54, 1.807) is 35.8 Å². The predicted octanol–water partition coefficient (Wildman–Crippen LogP) is 8.40. The van der Waals surface area contributed by atoms with Crippen molar-refractivity contribution in [1.82, 2.24) is 0 Å². The minimum absolute atomic E-state index is 0.148. The number of aryl methyl sites for hydroxylation is 1. The van der Waals surface area contributed by atoms with Crippen LogP contribution >= 0.6 is 22.9 Å². The summed E-state index contributed by atoms with van der Waals surface area (Å²) >= 11 is 8.18. The largest absolute Gasteiger partial charge is 0.490 e. The molecule has 1 aliphatic rings. The van der Waals surface area contributed by atoms with E-state index < -0.39 is 0 Å². The van der Waals surface area contributed by atoms with Crippen molar-refractivity contribution in [2.75, 3.05) is 11.9 Å². The number of hydrogen-bond donors (Lipinski definition) is 1. The lowest BCUT2D eigenvalue weighted by molar-refractivity contribution is 0.102. The Morgan fingerprint density at radius 3 is 2.62 bits per heavy atom. The average Bonchev–Trinajstić information content (AvgIpc) is 3.32. The van der Waals surface area contributed by atoms with Crippen LogP contribution in [0.5, 0.6) is 11.5 Å². The van der Waals surface area contributed by atoms with Gasteiger partial charge in [0.1, 0.15) is 17.4 Å². The van der Waals surface area contributed by atoms with Gasteiger partial charge in [0, 0.05) is 16.8 Å². The molecule has 5 rings (SSSR count). The molecule has 1 aromatic heterocycles.